The van der Waals surface area contributed by atoms with Gasteiger partial charge in [0.2, 0.25) is 0 Å². The minimum atomic E-state index is -0.115. The number of nitrogens with two attached hydrogens (primary N) is 1. The molecule has 0 bridgehead atoms. The summed E-state index contributed by atoms with van der Waals surface area (Å²) >= 11 is 4.84. The second-order valence-corrected chi connectivity index (χ2v) is 6.80. The Morgan fingerprint density at radius 1 is 1.55 bits per heavy atom. The van der Waals surface area contributed by atoms with Crippen molar-refractivity contribution >= 4 is 48.9 Å². The summed E-state index contributed by atoms with van der Waals surface area (Å²) in [5.74, 6) is -0.115. The summed E-state index contributed by atoms with van der Waals surface area (Å²) in [7, 11) is 0. The summed E-state index contributed by atoms with van der Waals surface area (Å²) in [4.78, 5) is 12.8. The highest BCUT2D eigenvalue weighted by Crippen LogP contribution is 2.35. The molecule has 1 amide bonds. The average Bonchev–Trinajstić information content (AvgIpc) is 3.05. The summed E-state index contributed by atoms with van der Waals surface area (Å²) < 4.78 is 7.48. The Morgan fingerprint density at radius 3 is 3.15 bits per heavy atom. The van der Waals surface area contributed by atoms with Gasteiger partial charge in [-0.3, -0.25) is 4.79 Å². The number of carbonyl (C=O) groups excluding carboxylic acids is 1. The largest absolute Gasteiger partial charge is 0.397 e. The van der Waals surface area contributed by atoms with E-state index in [2.05, 4.69) is 21.2 Å². The molecule has 1 saturated heterocycles. The van der Waals surface area contributed by atoms with Gasteiger partial charge in [-0.1, -0.05) is 15.9 Å². The Balaban J connectivity index is 1.78. The summed E-state index contributed by atoms with van der Waals surface area (Å²) in [6.45, 7) is 1.34. The van der Waals surface area contributed by atoms with Gasteiger partial charge in [0.05, 0.1) is 11.8 Å². The van der Waals surface area contributed by atoms with E-state index < -0.39 is 0 Å². The lowest BCUT2D eigenvalue weighted by Gasteiger charge is -2.10. The van der Waals surface area contributed by atoms with Crippen LogP contribution < -0.4 is 11.1 Å². The van der Waals surface area contributed by atoms with Crippen LogP contribution in [0.1, 0.15) is 22.5 Å². The van der Waals surface area contributed by atoms with Crippen LogP contribution in [-0.2, 0) is 4.74 Å². The van der Waals surface area contributed by atoms with E-state index in [-0.39, 0.29) is 12.0 Å². The molecule has 6 heteroatoms. The van der Waals surface area contributed by atoms with E-state index in [1.54, 1.807) is 0 Å². The maximum Gasteiger partial charge on any atom is 0.263 e. The van der Waals surface area contributed by atoms with Crippen molar-refractivity contribution in [1.82, 2.24) is 5.32 Å². The van der Waals surface area contributed by atoms with E-state index in [0.717, 1.165) is 34.0 Å². The number of halogens is 1. The second-order valence-electron chi connectivity index (χ2n) is 4.83. The number of rotatable bonds is 3. The molecule has 3 N–H and O–H groups in total. The van der Waals surface area contributed by atoms with E-state index in [4.69, 9.17) is 10.5 Å². The van der Waals surface area contributed by atoms with Gasteiger partial charge in [0, 0.05) is 27.7 Å². The third kappa shape index (κ3) is 2.68. The van der Waals surface area contributed by atoms with Crippen molar-refractivity contribution in [1.29, 1.82) is 0 Å². The smallest absolute Gasteiger partial charge is 0.263 e. The predicted molar refractivity (Wildman–Crippen MR) is 85.2 cm³/mol. The van der Waals surface area contributed by atoms with Gasteiger partial charge in [-0.25, -0.2) is 0 Å². The predicted octanol–water partition coefficient (Wildman–Crippen LogP) is 3.15. The first-order valence-corrected chi connectivity index (χ1v) is 8.13. The number of fused-ring (bicyclic) bond motifs is 1. The molecule has 0 aliphatic carbocycles. The molecule has 0 saturated carbocycles. The molecule has 2 heterocycles. The number of amides is 1. The maximum atomic E-state index is 12.2. The van der Waals surface area contributed by atoms with E-state index in [0.29, 0.717) is 17.1 Å². The number of nitrogens with one attached hydrogen (secondary N) is 1. The van der Waals surface area contributed by atoms with Crippen molar-refractivity contribution in [3.8, 4) is 0 Å². The van der Waals surface area contributed by atoms with Crippen LogP contribution in [0, 0.1) is 0 Å². The zero-order valence-electron chi connectivity index (χ0n) is 10.8. The van der Waals surface area contributed by atoms with Gasteiger partial charge >= 0.3 is 0 Å². The molecule has 0 spiro atoms. The fourth-order valence-electron chi connectivity index (χ4n) is 2.35. The van der Waals surface area contributed by atoms with Crippen molar-refractivity contribution in [2.75, 3.05) is 18.9 Å². The normalized spacial score (nSPS) is 18.6. The van der Waals surface area contributed by atoms with Gasteiger partial charge in [0.1, 0.15) is 4.88 Å². The zero-order chi connectivity index (χ0) is 14.1. The quantitative estimate of drug-likeness (QED) is 0.889. The van der Waals surface area contributed by atoms with Crippen LogP contribution in [0.3, 0.4) is 0 Å². The third-order valence-electron chi connectivity index (χ3n) is 3.41. The molecule has 1 aliphatic heterocycles. The van der Waals surface area contributed by atoms with Gasteiger partial charge in [0.15, 0.2) is 0 Å². The number of hydrogen-bond acceptors (Lipinski definition) is 4. The first kappa shape index (κ1) is 13.9. The Labute approximate surface area is 129 Å². The van der Waals surface area contributed by atoms with Gasteiger partial charge in [0.25, 0.3) is 5.91 Å². The number of carbonyl (C=O) groups is 1. The number of anilines is 1. The molecular formula is C14H15BrN2O2S. The topological polar surface area (TPSA) is 64.4 Å². The number of ether oxygens (including phenoxy) is 1. The molecule has 1 unspecified atom stereocenters. The van der Waals surface area contributed by atoms with Crippen molar-refractivity contribution in [2.24, 2.45) is 0 Å². The lowest BCUT2D eigenvalue weighted by atomic mass is 10.2. The molecule has 1 aliphatic rings. The highest BCUT2D eigenvalue weighted by atomic mass is 79.9. The van der Waals surface area contributed by atoms with Crippen LogP contribution in [0.25, 0.3) is 10.1 Å². The summed E-state index contributed by atoms with van der Waals surface area (Å²) in [5, 5.41) is 3.83. The zero-order valence-corrected chi connectivity index (χ0v) is 13.2. The minimum absolute atomic E-state index is 0.115. The molecule has 0 radical (unpaired) electrons. The molecule has 1 fully saturated rings. The van der Waals surface area contributed by atoms with Crippen LogP contribution in [0.2, 0.25) is 0 Å². The van der Waals surface area contributed by atoms with Crippen LogP contribution in [0.15, 0.2) is 22.7 Å². The van der Waals surface area contributed by atoms with Crippen molar-refractivity contribution < 1.29 is 9.53 Å². The first-order chi connectivity index (χ1) is 9.65. The molecule has 20 heavy (non-hydrogen) atoms. The van der Waals surface area contributed by atoms with Crippen molar-refractivity contribution in [3.63, 3.8) is 0 Å². The molecule has 1 aromatic carbocycles. The first-order valence-electron chi connectivity index (χ1n) is 6.52. The van der Waals surface area contributed by atoms with Crippen LogP contribution in [-0.4, -0.2) is 25.2 Å². The minimum Gasteiger partial charge on any atom is -0.397 e. The lowest BCUT2D eigenvalue weighted by Crippen LogP contribution is -2.31. The van der Waals surface area contributed by atoms with Gasteiger partial charge in [-0.05, 0) is 31.0 Å². The Hall–Kier alpha value is -1.11. The van der Waals surface area contributed by atoms with E-state index in [1.807, 2.05) is 18.2 Å². The molecule has 3 rings (SSSR count). The number of benzene rings is 1. The summed E-state index contributed by atoms with van der Waals surface area (Å²) in [6.07, 6.45) is 2.22. The highest BCUT2D eigenvalue weighted by molar-refractivity contribution is 9.10. The SMILES string of the molecule is Nc1c(C(=O)NCC2CCCO2)sc2ccc(Br)cc12. The highest BCUT2D eigenvalue weighted by Gasteiger charge is 2.20. The standard InChI is InChI=1S/C14H15BrN2O2S/c15-8-3-4-11-10(6-8)12(16)13(20-11)14(18)17-7-9-2-1-5-19-9/h3-4,6,9H,1-2,5,7,16H2,(H,17,18). The monoisotopic (exact) mass is 354 g/mol. The van der Waals surface area contributed by atoms with Crippen LogP contribution in [0.5, 0.6) is 0 Å². The maximum absolute atomic E-state index is 12.2. The van der Waals surface area contributed by atoms with Crippen molar-refractivity contribution in [3.05, 3.63) is 27.5 Å². The summed E-state index contributed by atoms with van der Waals surface area (Å²) in [5.41, 5.74) is 6.64. The molecule has 106 valence electrons. The molecule has 2 aromatic rings. The number of hydrogen-bond donors (Lipinski definition) is 2. The Kier molecular flexibility index (Phi) is 3.96. The van der Waals surface area contributed by atoms with E-state index >= 15 is 0 Å². The van der Waals surface area contributed by atoms with Gasteiger partial charge in [-0.2, -0.15) is 0 Å². The fraction of sp³-hybridized carbons (Fsp3) is 0.357. The number of nitrogen functional groups attached to an aromatic ring is 1. The molecular weight excluding hydrogens is 340 g/mol. The second kappa shape index (κ2) is 5.71. The summed E-state index contributed by atoms with van der Waals surface area (Å²) in [6, 6.07) is 5.86. The number of thiophene rings is 1. The van der Waals surface area contributed by atoms with E-state index in [1.165, 1.54) is 11.3 Å². The average molecular weight is 355 g/mol. The Bertz CT molecular complexity index is 650. The van der Waals surface area contributed by atoms with E-state index in [9.17, 15) is 4.79 Å². The third-order valence-corrected chi connectivity index (χ3v) is 5.09. The fourth-order valence-corrected chi connectivity index (χ4v) is 3.73. The van der Waals surface area contributed by atoms with Crippen molar-refractivity contribution in [2.45, 2.75) is 18.9 Å². The van der Waals surface area contributed by atoms with Crippen LogP contribution in [0.4, 0.5) is 5.69 Å². The molecule has 4 nitrogen and oxygen atoms in total. The van der Waals surface area contributed by atoms with Gasteiger partial charge in [-0.15, -0.1) is 11.3 Å². The molecule has 1 aromatic heterocycles. The Morgan fingerprint density at radius 2 is 2.40 bits per heavy atom. The van der Waals surface area contributed by atoms with Crippen LogP contribution >= 0.6 is 27.3 Å². The van der Waals surface area contributed by atoms with Gasteiger partial charge < -0.3 is 15.8 Å². The molecule has 1 atom stereocenters. The lowest BCUT2D eigenvalue weighted by molar-refractivity contribution is 0.0862.